The predicted octanol–water partition coefficient (Wildman–Crippen LogP) is 1.65. The Labute approximate surface area is 102 Å². The molecule has 5 heteroatoms. The van der Waals surface area contributed by atoms with Crippen molar-refractivity contribution in [2.75, 3.05) is 6.54 Å². The Morgan fingerprint density at radius 1 is 1.59 bits per heavy atom. The van der Waals surface area contributed by atoms with Crippen LogP contribution in [-0.4, -0.2) is 22.6 Å². The zero-order valence-corrected chi connectivity index (χ0v) is 10.1. The lowest BCUT2D eigenvalue weighted by atomic mass is 10.1. The van der Waals surface area contributed by atoms with Gasteiger partial charge in [-0.05, 0) is 37.9 Å². The van der Waals surface area contributed by atoms with Gasteiger partial charge in [-0.3, -0.25) is 4.98 Å². The molecule has 94 valence electrons. The Bertz CT molecular complexity index is 340. The van der Waals surface area contributed by atoms with E-state index >= 15 is 0 Å². The number of oxime groups is 1. The molecule has 0 spiro atoms. The van der Waals surface area contributed by atoms with Crippen LogP contribution in [0.25, 0.3) is 0 Å². The maximum atomic E-state index is 8.37. The van der Waals surface area contributed by atoms with Crippen LogP contribution in [-0.2, 0) is 0 Å². The minimum Gasteiger partial charge on any atom is -0.409 e. The molecule has 0 aliphatic rings. The molecular formula is C12H20N4O. The van der Waals surface area contributed by atoms with Gasteiger partial charge in [-0.15, -0.1) is 0 Å². The van der Waals surface area contributed by atoms with Gasteiger partial charge in [0.2, 0.25) is 0 Å². The molecule has 0 aliphatic carbocycles. The fourth-order valence-corrected chi connectivity index (χ4v) is 1.55. The first-order valence-electron chi connectivity index (χ1n) is 5.83. The lowest BCUT2D eigenvalue weighted by Crippen LogP contribution is -2.20. The second-order valence-corrected chi connectivity index (χ2v) is 4.01. The molecule has 1 heterocycles. The van der Waals surface area contributed by atoms with Gasteiger partial charge in [0.1, 0.15) is 5.84 Å². The van der Waals surface area contributed by atoms with E-state index < -0.39 is 0 Å². The molecule has 1 atom stereocenters. The van der Waals surface area contributed by atoms with Crippen LogP contribution in [0.3, 0.4) is 0 Å². The number of hydrogen-bond donors (Lipinski definition) is 3. The number of unbranched alkanes of at least 4 members (excludes halogenated alkanes) is 1. The maximum absolute atomic E-state index is 8.37. The molecule has 0 amide bonds. The quantitative estimate of drug-likeness (QED) is 0.221. The Morgan fingerprint density at radius 3 is 3.06 bits per heavy atom. The number of nitrogens with zero attached hydrogens (tertiary/aromatic N) is 2. The second kappa shape index (κ2) is 7.62. The normalized spacial score (nSPS) is 13.6. The predicted molar refractivity (Wildman–Crippen MR) is 67.9 cm³/mol. The summed E-state index contributed by atoms with van der Waals surface area (Å²) in [5.74, 6) is 0.297. The molecule has 0 fully saturated rings. The lowest BCUT2D eigenvalue weighted by molar-refractivity contribution is 0.316. The maximum Gasteiger partial charge on any atom is 0.139 e. The van der Waals surface area contributed by atoms with Gasteiger partial charge in [0.05, 0.1) is 0 Å². The highest BCUT2D eigenvalue weighted by atomic mass is 16.4. The van der Waals surface area contributed by atoms with Crippen LogP contribution in [0.4, 0.5) is 0 Å². The van der Waals surface area contributed by atoms with Crippen LogP contribution in [0.15, 0.2) is 29.7 Å². The van der Waals surface area contributed by atoms with E-state index in [0.717, 1.165) is 19.4 Å². The molecule has 0 saturated carbocycles. The third kappa shape index (κ3) is 5.31. The first-order chi connectivity index (χ1) is 8.24. The highest BCUT2D eigenvalue weighted by molar-refractivity contribution is 5.79. The number of nitrogens with one attached hydrogen (secondary N) is 1. The average Bonchev–Trinajstić information content (AvgIpc) is 2.38. The largest absolute Gasteiger partial charge is 0.409 e. The van der Waals surface area contributed by atoms with Crippen LogP contribution in [0.2, 0.25) is 0 Å². The molecule has 4 N–H and O–H groups in total. The molecule has 1 aromatic heterocycles. The van der Waals surface area contributed by atoms with Crippen LogP contribution in [0.5, 0.6) is 0 Å². The summed E-state index contributed by atoms with van der Waals surface area (Å²) in [6, 6.07) is 4.29. The number of aromatic nitrogens is 1. The van der Waals surface area contributed by atoms with Crippen molar-refractivity contribution in [1.82, 2.24) is 10.3 Å². The summed E-state index contributed by atoms with van der Waals surface area (Å²) < 4.78 is 0. The third-order valence-corrected chi connectivity index (χ3v) is 2.62. The van der Waals surface area contributed by atoms with E-state index in [1.165, 1.54) is 5.56 Å². The number of pyridine rings is 1. The Morgan fingerprint density at radius 2 is 2.41 bits per heavy atom. The molecule has 17 heavy (non-hydrogen) atoms. The molecule has 1 rings (SSSR count). The van der Waals surface area contributed by atoms with E-state index in [1.54, 1.807) is 6.20 Å². The summed E-state index contributed by atoms with van der Waals surface area (Å²) in [4.78, 5) is 4.08. The molecule has 0 saturated heterocycles. The molecule has 1 aromatic rings. The average molecular weight is 236 g/mol. The zero-order chi connectivity index (χ0) is 12.5. The third-order valence-electron chi connectivity index (χ3n) is 2.62. The monoisotopic (exact) mass is 236 g/mol. The highest BCUT2D eigenvalue weighted by Gasteiger charge is 2.03. The van der Waals surface area contributed by atoms with E-state index in [4.69, 9.17) is 10.9 Å². The van der Waals surface area contributed by atoms with Gasteiger partial charge < -0.3 is 16.3 Å². The topological polar surface area (TPSA) is 83.5 Å². The van der Waals surface area contributed by atoms with E-state index in [-0.39, 0.29) is 0 Å². The van der Waals surface area contributed by atoms with Crippen LogP contribution in [0, 0.1) is 0 Å². The van der Waals surface area contributed by atoms with E-state index in [0.29, 0.717) is 18.3 Å². The Kier molecular flexibility index (Phi) is 6.03. The second-order valence-electron chi connectivity index (χ2n) is 4.01. The van der Waals surface area contributed by atoms with Gasteiger partial charge in [-0.25, -0.2) is 0 Å². The van der Waals surface area contributed by atoms with Crippen molar-refractivity contribution in [3.63, 3.8) is 0 Å². The van der Waals surface area contributed by atoms with Gasteiger partial charge >= 0.3 is 0 Å². The summed E-state index contributed by atoms with van der Waals surface area (Å²) >= 11 is 0. The van der Waals surface area contributed by atoms with Gasteiger partial charge in [-0.2, -0.15) is 0 Å². The lowest BCUT2D eigenvalue weighted by Gasteiger charge is -2.13. The first kappa shape index (κ1) is 13.4. The van der Waals surface area contributed by atoms with Crippen molar-refractivity contribution < 1.29 is 5.21 Å². The number of amidine groups is 1. The van der Waals surface area contributed by atoms with Crippen LogP contribution >= 0.6 is 0 Å². The summed E-state index contributed by atoms with van der Waals surface area (Å²) in [6.07, 6.45) is 6.20. The SMILES string of the molecule is CC(NCCCC/C(N)=N/O)c1cccnc1. The van der Waals surface area contributed by atoms with Gasteiger partial charge in [0.15, 0.2) is 0 Å². The van der Waals surface area contributed by atoms with E-state index in [1.807, 2.05) is 12.3 Å². The smallest absolute Gasteiger partial charge is 0.139 e. The molecular weight excluding hydrogens is 216 g/mol. The number of rotatable bonds is 7. The van der Waals surface area contributed by atoms with Crippen molar-refractivity contribution in [2.45, 2.75) is 32.2 Å². The first-order valence-corrected chi connectivity index (χ1v) is 5.83. The zero-order valence-electron chi connectivity index (χ0n) is 10.1. The fourth-order valence-electron chi connectivity index (χ4n) is 1.55. The number of hydrogen-bond acceptors (Lipinski definition) is 4. The van der Waals surface area contributed by atoms with Gasteiger partial charge in [0.25, 0.3) is 0 Å². The summed E-state index contributed by atoms with van der Waals surface area (Å²) in [5, 5.41) is 14.7. The molecule has 0 aliphatic heterocycles. The van der Waals surface area contributed by atoms with Crippen molar-refractivity contribution in [1.29, 1.82) is 0 Å². The highest BCUT2D eigenvalue weighted by Crippen LogP contribution is 2.09. The van der Waals surface area contributed by atoms with Crippen LogP contribution in [0.1, 0.15) is 37.8 Å². The van der Waals surface area contributed by atoms with Crippen molar-refractivity contribution in [3.8, 4) is 0 Å². The van der Waals surface area contributed by atoms with Crippen LogP contribution < -0.4 is 11.1 Å². The van der Waals surface area contributed by atoms with Crippen molar-refractivity contribution >= 4 is 5.84 Å². The van der Waals surface area contributed by atoms with Gasteiger partial charge in [-0.1, -0.05) is 11.2 Å². The minimum absolute atomic E-state index is 0.297. The van der Waals surface area contributed by atoms with Crippen molar-refractivity contribution in [2.24, 2.45) is 10.9 Å². The molecule has 0 radical (unpaired) electrons. The number of nitrogens with two attached hydrogens (primary N) is 1. The summed E-state index contributed by atoms with van der Waals surface area (Å²) in [7, 11) is 0. The summed E-state index contributed by atoms with van der Waals surface area (Å²) in [5.41, 5.74) is 6.56. The van der Waals surface area contributed by atoms with E-state index in [2.05, 4.69) is 28.4 Å². The molecule has 0 bridgehead atoms. The van der Waals surface area contributed by atoms with Gasteiger partial charge in [0, 0.05) is 24.9 Å². The minimum atomic E-state index is 0.297. The molecule has 1 unspecified atom stereocenters. The van der Waals surface area contributed by atoms with E-state index in [9.17, 15) is 0 Å². The van der Waals surface area contributed by atoms with Crippen molar-refractivity contribution in [3.05, 3.63) is 30.1 Å². The Hall–Kier alpha value is -1.62. The summed E-state index contributed by atoms with van der Waals surface area (Å²) in [6.45, 7) is 3.02. The molecule has 0 aromatic carbocycles. The fraction of sp³-hybridized carbons (Fsp3) is 0.500. The standard InChI is InChI=1S/C12H20N4O/c1-10(11-5-4-7-14-9-11)15-8-3-2-6-12(13)16-17/h4-5,7,9-10,15,17H,2-3,6,8H2,1H3,(H2,13,16). The molecule has 5 nitrogen and oxygen atoms in total. The Balaban J connectivity index is 2.15.